The van der Waals surface area contributed by atoms with Crippen molar-refractivity contribution in [3.8, 4) is 0 Å². The molecule has 2 atom stereocenters. The van der Waals surface area contributed by atoms with Gasteiger partial charge >= 0.3 is 0 Å². The molecule has 0 radical (unpaired) electrons. The fourth-order valence-electron chi connectivity index (χ4n) is 2.16. The summed E-state index contributed by atoms with van der Waals surface area (Å²) in [6, 6.07) is 12.5. The third kappa shape index (κ3) is 5.26. The van der Waals surface area contributed by atoms with Crippen LogP contribution in [0, 0.1) is 5.82 Å². The van der Waals surface area contributed by atoms with Crippen LogP contribution in [-0.2, 0) is 16.6 Å². The number of rotatable bonds is 6. The number of aliphatic hydroxyl groups excluding tert-OH is 1. The van der Waals surface area contributed by atoms with E-state index in [-0.39, 0.29) is 12.5 Å². The summed E-state index contributed by atoms with van der Waals surface area (Å²) in [5.74, 6) is -0.398. The van der Waals surface area contributed by atoms with Gasteiger partial charge in [0, 0.05) is 34.9 Å². The van der Waals surface area contributed by atoms with E-state index >= 15 is 0 Å². The quantitative estimate of drug-likeness (QED) is 0.850. The van der Waals surface area contributed by atoms with Crippen LogP contribution in [0.5, 0.6) is 0 Å². The predicted octanol–water partition coefficient (Wildman–Crippen LogP) is 2.17. The lowest BCUT2D eigenvalue weighted by Crippen LogP contribution is -2.28. The van der Waals surface area contributed by atoms with E-state index in [0.717, 1.165) is 5.56 Å². The molecule has 2 N–H and O–H groups in total. The van der Waals surface area contributed by atoms with Gasteiger partial charge in [0.15, 0.2) is 0 Å². The Hall–Kier alpha value is -2.05. The number of aliphatic hydroxyl groups is 1. The molecule has 2 unspecified atom stereocenters. The van der Waals surface area contributed by atoms with Crippen molar-refractivity contribution in [2.75, 3.05) is 12.8 Å². The van der Waals surface area contributed by atoms with Gasteiger partial charge in [-0.05, 0) is 35.4 Å². The smallest absolute Gasteiger partial charge is 0.251 e. The van der Waals surface area contributed by atoms with E-state index < -0.39 is 22.7 Å². The summed E-state index contributed by atoms with van der Waals surface area (Å²) < 4.78 is 24.4. The minimum atomic E-state index is -0.985. The van der Waals surface area contributed by atoms with Crippen LogP contribution in [0.3, 0.4) is 0 Å². The van der Waals surface area contributed by atoms with Crippen molar-refractivity contribution in [1.82, 2.24) is 5.32 Å². The van der Waals surface area contributed by atoms with Crippen molar-refractivity contribution >= 4 is 16.7 Å². The van der Waals surface area contributed by atoms with Crippen LogP contribution in [0.4, 0.5) is 4.39 Å². The first-order valence-electron chi connectivity index (χ1n) is 7.06. The Morgan fingerprint density at radius 3 is 2.70 bits per heavy atom. The number of carbonyl (C=O) groups is 1. The largest absolute Gasteiger partial charge is 0.387 e. The molecule has 0 aliphatic carbocycles. The molecule has 0 heterocycles. The highest BCUT2D eigenvalue weighted by Gasteiger charge is 2.12. The Kier molecular flexibility index (Phi) is 6.01. The van der Waals surface area contributed by atoms with E-state index in [1.165, 1.54) is 18.2 Å². The van der Waals surface area contributed by atoms with E-state index in [9.17, 15) is 18.5 Å². The molecule has 23 heavy (non-hydrogen) atoms. The summed E-state index contributed by atoms with van der Waals surface area (Å²) >= 11 is 0. The monoisotopic (exact) mass is 335 g/mol. The molecule has 122 valence electrons. The molecule has 4 nitrogen and oxygen atoms in total. The average Bonchev–Trinajstić information content (AvgIpc) is 2.52. The second-order valence-corrected chi connectivity index (χ2v) is 6.63. The van der Waals surface area contributed by atoms with E-state index in [4.69, 9.17) is 0 Å². The lowest BCUT2D eigenvalue weighted by molar-refractivity contribution is 0.0916. The third-order valence-corrected chi connectivity index (χ3v) is 3.99. The Morgan fingerprint density at radius 2 is 2.00 bits per heavy atom. The Morgan fingerprint density at radius 1 is 1.26 bits per heavy atom. The first-order valence-corrected chi connectivity index (χ1v) is 8.79. The molecule has 0 bridgehead atoms. The van der Waals surface area contributed by atoms with Gasteiger partial charge in [-0.15, -0.1) is 0 Å². The number of halogens is 1. The van der Waals surface area contributed by atoms with Gasteiger partial charge in [-0.3, -0.25) is 9.00 Å². The fraction of sp³-hybridized carbons (Fsp3) is 0.235. The Bertz CT molecular complexity index is 720. The number of hydrogen-bond donors (Lipinski definition) is 2. The van der Waals surface area contributed by atoms with Gasteiger partial charge in [-0.25, -0.2) is 4.39 Å². The van der Waals surface area contributed by atoms with Crippen LogP contribution in [0.25, 0.3) is 0 Å². The molecule has 0 fully saturated rings. The van der Waals surface area contributed by atoms with Crippen LogP contribution in [0.15, 0.2) is 48.5 Å². The third-order valence-electron chi connectivity index (χ3n) is 3.25. The molecule has 0 saturated heterocycles. The lowest BCUT2D eigenvalue weighted by atomic mass is 10.1. The molecule has 0 spiro atoms. The Labute approximate surface area is 136 Å². The van der Waals surface area contributed by atoms with Crippen molar-refractivity contribution in [1.29, 1.82) is 0 Å². The summed E-state index contributed by atoms with van der Waals surface area (Å²) in [5.41, 5.74) is 1.64. The summed E-state index contributed by atoms with van der Waals surface area (Å²) in [4.78, 5) is 12.1. The van der Waals surface area contributed by atoms with Crippen LogP contribution in [-0.4, -0.2) is 28.0 Å². The summed E-state index contributed by atoms with van der Waals surface area (Å²) in [6.45, 7) is -0.0216. The minimum absolute atomic E-state index is 0.0216. The molecule has 2 rings (SSSR count). The van der Waals surface area contributed by atoms with Gasteiger partial charge in [0.1, 0.15) is 5.82 Å². The van der Waals surface area contributed by atoms with E-state index in [0.29, 0.717) is 16.9 Å². The van der Waals surface area contributed by atoms with E-state index in [2.05, 4.69) is 5.32 Å². The molecule has 0 aliphatic heterocycles. The first-order chi connectivity index (χ1) is 11.0. The molecule has 6 heteroatoms. The number of benzene rings is 2. The highest BCUT2D eigenvalue weighted by atomic mass is 32.2. The van der Waals surface area contributed by atoms with Crippen LogP contribution in [0.1, 0.15) is 27.6 Å². The normalized spacial score (nSPS) is 13.3. The zero-order valence-corrected chi connectivity index (χ0v) is 13.5. The van der Waals surface area contributed by atoms with Gasteiger partial charge in [-0.1, -0.05) is 24.3 Å². The summed E-state index contributed by atoms with van der Waals surface area (Å²) in [6.07, 6.45) is 0.614. The van der Waals surface area contributed by atoms with E-state index in [1.54, 1.807) is 36.6 Å². The van der Waals surface area contributed by atoms with Crippen LogP contribution >= 0.6 is 0 Å². The molecule has 1 amide bonds. The Balaban J connectivity index is 1.98. The second kappa shape index (κ2) is 7.99. The van der Waals surface area contributed by atoms with Crippen molar-refractivity contribution in [2.45, 2.75) is 11.9 Å². The standard InChI is InChI=1S/C17H18FNO3S/c1-23(22)11-12-4-2-6-14(8-12)17(21)19-10-16(20)13-5-3-7-15(18)9-13/h2-9,16,20H,10-11H2,1H3,(H,19,21). The summed E-state index contributed by atoms with van der Waals surface area (Å²) in [7, 11) is -0.984. The average molecular weight is 335 g/mol. The maximum atomic E-state index is 13.1. The zero-order chi connectivity index (χ0) is 16.8. The lowest BCUT2D eigenvalue weighted by Gasteiger charge is -2.12. The van der Waals surface area contributed by atoms with Gasteiger partial charge in [0.05, 0.1) is 6.10 Å². The van der Waals surface area contributed by atoms with Gasteiger partial charge in [-0.2, -0.15) is 0 Å². The SMILES string of the molecule is CS(=O)Cc1cccc(C(=O)NCC(O)c2cccc(F)c2)c1. The second-order valence-electron chi connectivity index (χ2n) is 5.20. The van der Waals surface area contributed by atoms with Gasteiger partial charge in [0.2, 0.25) is 0 Å². The minimum Gasteiger partial charge on any atom is -0.387 e. The van der Waals surface area contributed by atoms with Crippen molar-refractivity contribution < 1.29 is 18.5 Å². The number of nitrogens with one attached hydrogen (secondary N) is 1. The molecular weight excluding hydrogens is 317 g/mol. The molecule has 0 aliphatic rings. The number of carbonyl (C=O) groups excluding carboxylic acids is 1. The van der Waals surface area contributed by atoms with Crippen molar-refractivity contribution in [3.63, 3.8) is 0 Å². The van der Waals surface area contributed by atoms with Crippen molar-refractivity contribution in [2.24, 2.45) is 0 Å². The highest BCUT2D eigenvalue weighted by molar-refractivity contribution is 7.83. The highest BCUT2D eigenvalue weighted by Crippen LogP contribution is 2.13. The van der Waals surface area contributed by atoms with Crippen LogP contribution in [0.2, 0.25) is 0 Å². The topological polar surface area (TPSA) is 66.4 Å². The van der Waals surface area contributed by atoms with Gasteiger partial charge in [0.25, 0.3) is 5.91 Å². The van der Waals surface area contributed by atoms with Gasteiger partial charge < -0.3 is 10.4 Å². The maximum Gasteiger partial charge on any atom is 0.251 e. The van der Waals surface area contributed by atoms with Crippen molar-refractivity contribution in [3.05, 3.63) is 71.0 Å². The molecule has 2 aromatic rings. The predicted molar refractivity (Wildman–Crippen MR) is 87.9 cm³/mol. The molecular formula is C17H18FNO3S. The molecule has 2 aromatic carbocycles. The summed E-state index contributed by atoms with van der Waals surface area (Å²) in [5, 5.41) is 12.6. The molecule has 0 saturated carbocycles. The fourth-order valence-corrected chi connectivity index (χ4v) is 2.81. The zero-order valence-electron chi connectivity index (χ0n) is 12.7. The number of hydrogen-bond acceptors (Lipinski definition) is 3. The molecule has 0 aromatic heterocycles. The first kappa shape index (κ1) is 17.3. The van der Waals surface area contributed by atoms with Crippen LogP contribution < -0.4 is 5.32 Å². The number of amides is 1. The maximum absolute atomic E-state index is 13.1. The van der Waals surface area contributed by atoms with E-state index in [1.807, 2.05) is 0 Å².